The second-order valence-corrected chi connectivity index (χ2v) is 4.37. The van der Waals surface area contributed by atoms with E-state index in [1.807, 2.05) is 0 Å². The Morgan fingerprint density at radius 1 is 1.07 bits per heavy atom. The summed E-state index contributed by atoms with van der Waals surface area (Å²) < 4.78 is -0.174. The van der Waals surface area contributed by atoms with Crippen molar-refractivity contribution in [3.63, 3.8) is 0 Å². The van der Waals surface area contributed by atoms with Crippen molar-refractivity contribution in [2.45, 2.75) is 0 Å². The molecule has 0 heterocycles. The average Bonchev–Trinajstić information content (AvgIpc) is 2.01. The zero-order chi connectivity index (χ0) is 10.7. The first kappa shape index (κ1) is 12.2. The molecule has 0 aliphatic rings. The predicted octanol–water partition coefficient (Wildman–Crippen LogP) is 4.81. The minimum Gasteiger partial charge on any atom is -0.273 e. The minimum atomic E-state index is -0.174. The molecule has 0 saturated heterocycles. The SMILES string of the molecule is ClC(Cl)=NNc1c(Cl)cc(Cl)cc1Cl. The maximum Gasteiger partial charge on any atom is 0.215 e. The fraction of sp³-hybridized carbons (Fsp3) is 0. The molecule has 7 heteroatoms. The number of halogens is 5. The number of nitrogens with zero attached hydrogens (tertiary/aromatic N) is 1. The highest BCUT2D eigenvalue weighted by Crippen LogP contribution is 2.33. The Morgan fingerprint density at radius 3 is 2.00 bits per heavy atom. The summed E-state index contributed by atoms with van der Waals surface area (Å²) >= 11 is 28.0. The van der Waals surface area contributed by atoms with Crippen LogP contribution in [0.25, 0.3) is 0 Å². The Labute approximate surface area is 106 Å². The average molecular weight is 292 g/mol. The van der Waals surface area contributed by atoms with Crippen LogP contribution in [-0.4, -0.2) is 4.63 Å². The fourth-order valence-corrected chi connectivity index (χ4v) is 1.73. The van der Waals surface area contributed by atoms with Gasteiger partial charge in [0.25, 0.3) is 0 Å². The summed E-state index contributed by atoms with van der Waals surface area (Å²) in [7, 11) is 0. The van der Waals surface area contributed by atoms with Crippen LogP contribution in [0.1, 0.15) is 0 Å². The van der Waals surface area contributed by atoms with Crippen molar-refractivity contribution in [1.82, 2.24) is 0 Å². The lowest BCUT2D eigenvalue weighted by Crippen LogP contribution is -1.92. The largest absolute Gasteiger partial charge is 0.273 e. The molecule has 76 valence electrons. The number of hydrogen-bond acceptors (Lipinski definition) is 2. The molecule has 0 aliphatic carbocycles. The van der Waals surface area contributed by atoms with E-state index in [1.165, 1.54) is 12.1 Å². The second-order valence-electron chi connectivity index (χ2n) is 2.21. The Balaban J connectivity index is 3.03. The van der Waals surface area contributed by atoms with Crippen molar-refractivity contribution in [2.75, 3.05) is 5.43 Å². The highest BCUT2D eigenvalue weighted by atomic mass is 35.5. The number of anilines is 1. The highest BCUT2D eigenvalue weighted by Gasteiger charge is 2.06. The molecule has 0 saturated carbocycles. The van der Waals surface area contributed by atoms with Crippen LogP contribution in [-0.2, 0) is 0 Å². The lowest BCUT2D eigenvalue weighted by atomic mass is 10.3. The molecule has 0 aliphatic heterocycles. The van der Waals surface area contributed by atoms with Crippen LogP contribution >= 0.6 is 58.0 Å². The van der Waals surface area contributed by atoms with Gasteiger partial charge < -0.3 is 0 Å². The van der Waals surface area contributed by atoms with Gasteiger partial charge >= 0.3 is 0 Å². The van der Waals surface area contributed by atoms with Gasteiger partial charge in [-0.25, -0.2) is 0 Å². The summed E-state index contributed by atoms with van der Waals surface area (Å²) in [6.45, 7) is 0. The molecule has 0 amide bonds. The quantitative estimate of drug-likeness (QED) is 0.614. The first-order chi connectivity index (χ1) is 6.50. The van der Waals surface area contributed by atoms with E-state index in [0.717, 1.165) is 0 Å². The Morgan fingerprint density at radius 2 is 1.57 bits per heavy atom. The van der Waals surface area contributed by atoms with Crippen LogP contribution < -0.4 is 5.43 Å². The molecule has 0 aromatic heterocycles. The third-order valence-electron chi connectivity index (χ3n) is 1.26. The Kier molecular flexibility index (Phi) is 4.61. The van der Waals surface area contributed by atoms with Gasteiger partial charge in [-0.1, -0.05) is 34.8 Å². The molecule has 2 nitrogen and oxygen atoms in total. The maximum absolute atomic E-state index is 5.83. The van der Waals surface area contributed by atoms with Crippen LogP contribution in [0.3, 0.4) is 0 Å². The number of hydrazone groups is 1. The summed E-state index contributed by atoms with van der Waals surface area (Å²) in [6.07, 6.45) is 0. The van der Waals surface area contributed by atoms with E-state index in [-0.39, 0.29) is 4.63 Å². The van der Waals surface area contributed by atoms with Gasteiger partial charge in [-0.3, -0.25) is 5.43 Å². The predicted molar refractivity (Wildman–Crippen MR) is 64.2 cm³/mol. The van der Waals surface area contributed by atoms with Crippen LogP contribution in [0.2, 0.25) is 15.1 Å². The maximum atomic E-state index is 5.83. The molecule has 0 fully saturated rings. The number of hydrogen-bond donors (Lipinski definition) is 1. The Hall–Kier alpha value is 0.140. The van der Waals surface area contributed by atoms with E-state index >= 15 is 0 Å². The van der Waals surface area contributed by atoms with Crippen molar-refractivity contribution in [3.05, 3.63) is 27.2 Å². The van der Waals surface area contributed by atoms with Crippen molar-refractivity contribution >= 4 is 68.3 Å². The molecule has 1 N–H and O–H groups in total. The van der Waals surface area contributed by atoms with Crippen molar-refractivity contribution in [1.29, 1.82) is 0 Å². The first-order valence-electron chi connectivity index (χ1n) is 3.30. The first-order valence-corrected chi connectivity index (χ1v) is 5.19. The van der Waals surface area contributed by atoms with Gasteiger partial charge in [0.1, 0.15) is 0 Å². The van der Waals surface area contributed by atoms with Crippen molar-refractivity contribution in [3.8, 4) is 0 Å². The monoisotopic (exact) mass is 290 g/mol. The molecule has 0 unspecified atom stereocenters. The van der Waals surface area contributed by atoms with Gasteiger partial charge in [0, 0.05) is 5.02 Å². The number of rotatable bonds is 2. The summed E-state index contributed by atoms with van der Waals surface area (Å²) in [5, 5.41) is 4.64. The summed E-state index contributed by atoms with van der Waals surface area (Å²) in [4.78, 5) is 0. The summed E-state index contributed by atoms with van der Waals surface area (Å²) in [5.41, 5.74) is 2.91. The molecule has 0 bridgehead atoms. The molecule has 14 heavy (non-hydrogen) atoms. The molecule has 0 radical (unpaired) electrons. The zero-order valence-corrected chi connectivity index (χ0v) is 10.3. The lowest BCUT2D eigenvalue weighted by Gasteiger charge is -2.05. The highest BCUT2D eigenvalue weighted by molar-refractivity contribution is 6.95. The van der Waals surface area contributed by atoms with Crippen LogP contribution in [0.4, 0.5) is 5.69 Å². The molecular formula is C7H3Cl5N2. The lowest BCUT2D eigenvalue weighted by molar-refractivity contribution is 1.36. The van der Waals surface area contributed by atoms with Crippen molar-refractivity contribution < 1.29 is 0 Å². The summed E-state index contributed by atoms with van der Waals surface area (Å²) in [5.74, 6) is 0. The normalized spacial score (nSPS) is 9.79. The van der Waals surface area contributed by atoms with E-state index in [2.05, 4.69) is 10.5 Å². The second kappa shape index (κ2) is 5.29. The zero-order valence-electron chi connectivity index (χ0n) is 6.49. The van der Waals surface area contributed by atoms with E-state index in [9.17, 15) is 0 Å². The van der Waals surface area contributed by atoms with Crippen LogP contribution in [0.15, 0.2) is 17.2 Å². The smallest absolute Gasteiger partial charge is 0.215 e. The topological polar surface area (TPSA) is 24.4 Å². The van der Waals surface area contributed by atoms with Crippen LogP contribution in [0.5, 0.6) is 0 Å². The minimum absolute atomic E-state index is 0.174. The molecule has 1 aromatic rings. The fourth-order valence-electron chi connectivity index (χ4n) is 0.747. The molecule has 0 atom stereocenters. The van der Waals surface area contributed by atoms with Gasteiger partial charge in [-0.05, 0) is 35.3 Å². The van der Waals surface area contributed by atoms with Crippen molar-refractivity contribution in [2.24, 2.45) is 5.10 Å². The Bertz CT molecular complexity index is 349. The summed E-state index contributed by atoms with van der Waals surface area (Å²) in [6, 6.07) is 3.05. The van der Waals surface area contributed by atoms with E-state index in [0.29, 0.717) is 20.8 Å². The van der Waals surface area contributed by atoms with E-state index in [4.69, 9.17) is 58.0 Å². The van der Waals surface area contributed by atoms with E-state index < -0.39 is 0 Å². The van der Waals surface area contributed by atoms with Gasteiger partial charge in [-0.2, -0.15) is 5.10 Å². The molecule has 0 spiro atoms. The molecular weight excluding hydrogens is 289 g/mol. The number of nitrogens with one attached hydrogen (secondary N) is 1. The number of benzene rings is 1. The van der Waals surface area contributed by atoms with E-state index in [1.54, 1.807) is 0 Å². The van der Waals surface area contributed by atoms with Crippen LogP contribution in [0, 0.1) is 0 Å². The van der Waals surface area contributed by atoms with Gasteiger partial charge in [0.15, 0.2) is 0 Å². The third-order valence-corrected chi connectivity index (χ3v) is 2.24. The van der Waals surface area contributed by atoms with Gasteiger partial charge in [-0.15, -0.1) is 0 Å². The molecule has 1 rings (SSSR count). The van der Waals surface area contributed by atoms with Gasteiger partial charge in [0.05, 0.1) is 15.7 Å². The molecule has 1 aromatic carbocycles. The third kappa shape index (κ3) is 3.37. The van der Waals surface area contributed by atoms with Gasteiger partial charge in [0.2, 0.25) is 4.63 Å². The standard InChI is InChI=1S/C7H3Cl5N2/c8-3-1-4(9)6(5(10)2-3)13-14-7(11)12/h1-2,13H.